The molecule has 94 valence electrons. The van der Waals surface area contributed by atoms with Gasteiger partial charge in [-0.25, -0.2) is 9.78 Å². The van der Waals surface area contributed by atoms with Crippen molar-refractivity contribution in [2.24, 2.45) is 0 Å². The number of aryl methyl sites for hydroxylation is 1. The second-order valence-corrected chi connectivity index (χ2v) is 4.59. The van der Waals surface area contributed by atoms with Crippen molar-refractivity contribution >= 4 is 23.1 Å². The molecule has 0 amide bonds. The van der Waals surface area contributed by atoms with Crippen molar-refractivity contribution in [3.8, 4) is 10.7 Å². The molecular formula is C11H11N3O3S. The van der Waals surface area contributed by atoms with E-state index < -0.39 is 5.97 Å². The molecular weight excluding hydrogens is 254 g/mol. The molecule has 0 radical (unpaired) electrons. The van der Waals surface area contributed by atoms with E-state index in [0.29, 0.717) is 11.6 Å². The summed E-state index contributed by atoms with van der Waals surface area (Å²) >= 11 is 1.08. The molecule has 18 heavy (non-hydrogen) atoms. The van der Waals surface area contributed by atoms with Gasteiger partial charge in [0.15, 0.2) is 11.5 Å². The number of carboxylic acid groups (broad SMARTS) is 1. The number of ketones is 1. The molecule has 1 N–H and O–H groups in total. The van der Waals surface area contributed by atoms with Gasteiger partial charge in [-0.1, -0.05) is 0 Å². The Hall–Kier alpha value is -2.02. The van der Waals surface area contributed by atoms with Crippen molar-refractivity contribution in [1.29, 1.82) is 0 Å². The average Bonchev–Trinajstić information content (AvgIpc) is 2.94. The molecule has 0 aromatic carbocycles. The van der Waals surface area contributed by atoms with E-state index in [9.17, 15) is 9.59 Å². The summed E-state index contributed by atoms with van der Waals surface area (Å²) in [7, 11) is 0. The Labute approximate surface area is 107 Å². The van der Waals surface area contributed by atoms with Crippen LogP contribution in [-0.2, 0) is 6.54 Å². The zero-order chi connectivity index (χ0) is 13.3. The molecule has 2 rings (SSSR count). The second-order valence-electron chi connectivity index (χ2n) is 3.59. The summed E-state index contributed by atoms with van der Waals surface area (Å²) < 4.78 is 1.70. The summed E-state index contributed by atoms with van der Waals surface area (Å²) in [6.07, 6.45) is 1.62. The van der Waals surface area contributed by atoms with Crippen molar-refractivity contribution in [3.63, 3.8) is 0 Å². The first kappa shape index (κ1) is 12.4. The Bertz CT molecular complexity index is 583. The minimum absolute atomic E-state index is 0.168. The van der Waals surface area contributed by atoms with Gasteiger partial charge in [0.25, 0.3) is 0 Å². The molecule has 0 aliphatic carbocycles. The number of thiazole rings is 1. The summed E-state index contributed by atoms with van der Waals surface area (Å²) in [6.45, 7) is 3.91. The van der Waals surface area contributed by atoms with Crippen LogP contribution in [0.15, 0.2) is 12.3 Å². The van der Waals surface area contributed by atoms with Crippen LogP contribution in [0.25, 0.3) is 10.7 Å². The molecule has 7 heteroatoms. The molecule has 0 saturated carbocycles. The third-order valence-electron chi connectivity index (χ3n) is 2.38. The van der Waals surface area contributed by atoms with Crippen molar-refractivity contribution < 1.29 is 14.7 Å². The largest absolute Gasteiger partial charge is 0.476 e. The van der Waals surface area contributed by atoms with E-state index >= 15 is 0 Å². The van der Waals surface area contributed by atoms with E-state index in [1.165, 1.54) is 6.92 Å². The van der Waals surface area contributed by atoms with Gasteiger partial charge < -0.3 is 5.11 Å². The van der Waals surface area contributed by atoms with Gasteiger partial charge in [-0.2, -0.15) is 5.10 Å². The molecule has 2 aromatic heterocycles. The van der Waals surface area contributed by atoms with Crippen molar-refractivity contribution in [3.05, 3.63) is 22.8 Å². The smallest absolute Gasteiger partial charge is 0.356 e. The first-order chi connectivity index (χ1) is 8.54. The number of hydrogen-bond acceptors (Lipinski definition) is 5. The first-order valence-corrected chi connectivity index (χ1v) is 6.13. The molecule has 2 heterocycles. The van der Waals surface area contributed by atoms with Crippen LogP contribution in [0.1, 0.15) is 34.0 Å². The zero-order valence-electron chi connectivity index (χ0n) is 9.88. The third kappa shape index (κ3) is 2.04. The fourth-order valence-electron chi connectivity index (χ4n) is 1.58. The molecule has 6 nitrogen and oxygen atoms in total. The lowest BCUT2D eigenvalue weighted by atomic mass is 10.3. The normalized spacial score (nSPS) is 10.6. The number of aromatic carboxylic acids is 1. The van der Waals surface area contributed by atoms with Crippen LogP contribution in [-0.4, -0.2) is 31.6 Å². The summed E-state index contributed by atoms with van der Waals surface area (Å²) in [6, 6.07) is 1.75. The molecule has 0 fully saturated rings. The Morgan fingerprint density at radius 3 is 2.72 bits per heavy atom. The lowest BCUT2D eigenvalue weighted by Gasteiger charge is -1.99. The van der Waals surface area contributed by atoms with Gasteiger partial charge in [0, 0.05) is 19.7 Å². The van der Waals surface area contributed by atoms with Crippen LogP contribution in [0.4, 0.5) is 0 Å². The quantitative estimate of drug-likeness (QED) is 0.854. The summed E-state index contributed by atoms with van der Waals surface area (Å²) in [4.78, 5) is 26.6. The van der Waals surface area contributed by atoms with Crippen molar-refractivity contribution in [2.45, 2.75) is 20.4 Å². The van der Waals surface area contributed by atoms with E-state index in [1.807, 2.05) is 6.92 Å². The lowest BCUT2D eigenvalue weighted by Crippen LogP contribution is -2.04. The maximum atomic E-state index is 11.4. The van der Waals surface area contributed by atoms with Gasteiger partial charge in [-0.05, 0) is 13.0 Å². The van der Waals surface area contributed by atoms with Gasteiger partial charge in [0.1, 0.15) is 9.88 Å². The fourth-order valence-corrected chi connectivity index (χ4v) is 2.56. The summed E-state index contributed by atoms with van der Waals surface area (Å²) in [5.41, 5.74) is 0.531. The van der Waals surface area contributed by atoms with E-state index in [4.69, 9.17) is 5.11 Å². The number of rotatable bonds is 4. The first-order valence-electron chi connectivity index (χ1n) is 5.31. The van der Waals surface area contributed by atoms with E-state index in [2.05, 4.69) is 10.1 Å². The Kier molecular flexibility index (Phi) is 3.24. The Morgan fingerprint density at radius 2 is 2.22 bits per heavy atom. The standard InChI is InChI=1S/C11H11N3O3S/c1-3-14-7(4-5-12-14)10-13-8(11(16)17)9(18-10)6(2)15/h4-5H,3H2,1-2H3,(H,16,17). The highest BCUT2D eigenvalue weighted by Gasteiger charge is 2.22. The third-order valence-corrected chi connectivity index (χ3v) is 3.56. The molecule has 0 aliphatic rings. The van der Waals surface area contributed by atoms with Gasteiger partial charge in [0.2, 0.25) is 0 Å². The molecule has 0 aliphatic heterocycles. The molecule has 0 saturated heterocycles. The number of Topliss-reactive ketones (excluding diaryl/α,β-unsaturated/α-hetero) is 1. The van der Waals surface area contributed by atoms with Gasteiger partial charge in [-0.15, -0.1) is 11.3 Å². The predicted octanol–water partition coefficient (Wildman–Crippen LogP) is 1.93. The number of carbonyl (C=O) groups is 2. The number of carboxylic acids is 1. The fraction of sp³-hybridized carbons (Fsp3) is 0.273. The number of aromatic nitrogens is 3. The van der Waals surface area contributed by atoms with Crippen molar-refractivity contribution in [1.82, 2.24) is 14.8 Å². The maximum Gasteiger partial charge on any atom is 0.356 e. The zero-order valence-corrected chi connectivity index (χ0v) is 10.7. The lowest BCUT2D eigenvalue weighted by molar-refractivity contribution is 0.0687. The SMILES string of the molecule is CCn1nccc1-c1nc(C(=O)O)c(C(C)=O)s1. The average molecular weight is 265 g/mol. The molecule has 0 atom stereocenters. The topological polar surface area (TPSA) is 85.1 Å². The Balaban J connectivity index is 2.57. The van der Waals surface area contributed by atoms with Crippen molar-refractivity contribution in [2.75, 3.05) is 0 Å². The van der Waals surface area contributed by atoms with Crippen LogP contribution in [0, 0.1) is 0 Å². The minimum atomic E-state index is -1.19. The minimum Gasteiger partial charge on any atom is -0.476 e. The molecule has 0 spiro atoms. The van der Waals surface area contributed by atoms with Crippen LogP contribution in [0.5, 0.6) is 0 Å². The number of nitrogens with zero attached hydrogens (tertiary/aromatic N) is 3. The van der Waals surface area contributed by atoms with Crippen LogP contribution < -0.4 is 0 Å². The highest BCUT2D eigenvalue weighted by molar-refractivity contribution is 7.17. The summed E-state index contributed by atoms with van der Waals surface area (Å²) in [5.74, 6) is -1.48. The van der Waals surface area contributed by atoms with Gasteiger partial charge in [-0.3, -0.25) is 9.48 Å². The van der Waals surface area contributed by atoms with Crippen LogP contribution in [0.3, 0.4) is 0 Å². The molecule has 0 unspecified atom stereocenters. The van der Waals surface area contributed by atoms with Gasteiger partial charge in [0.05, 0.1) is 5.69 Å². The molecule has 2 aromatic rings. The molecule has 0 bridgehead atoms. The predicted molar refractivity (Wildman–Crippen MR) is 66.0 cm³/mol. The van der Waals surface area contributed by atoms with E-state index in [0.717, 1.165) is 17.0 Å². The second kappa shape index (κ2) is 4.69. The monoisotopic (exact) mass is 265 g/mol. The maximum absolute atomic E-state index is 11.4. The highest BCUT2D eigenvalue weighted by Crippen LogP contribution is 2.28. The van der Waals surface area contributed by atoms with E-state index in [1.54, 1.807) is 16.9 Å². The van der Waals surface area contributed by atoms with Crippen LogP contribution >= 0.6 is 11.3 Å². The summed E-state index contributed by atoms with van der Waals surface area (Å²) in [5, 5.41) is 13.6. The number of hydrogen-bond donors (Lipinski definition) is 1. The van der Waals surface area contributed by atoms with E-state index in [-0.39, 0.29) is 16.4 Å². The van der Waals surface area contributed by atoms with Crippen LogP contribution in [0.2, 0.25) is 0 Å². The number of carbonyl (C=O) groups excluding carboxylic acids is 1. The van der Waals surface area contributed by atoms with Gasteiger partial charge >= 0.3 is 5.97 Å². The highest BCUT2D eigenvalue weighted by atomic mass is 32.1. The Morgan fingerprint density at radius 1 is 1.50 bits per heavy atom.